The minimum Gasteiger partial charge on any atom is -0.0809 e. The van der Waals surface area contributed by atoms with Crippen molar-refractivity contribution in [3.8, 4) is 11.1 Å². The largest absolute Gasteiger partial charge is 0.0840 e. The van der Waals surface area contributed by atoms with Crippen molar-refractivity contribution in [2.45, 2.75) is 38.2 Å². The molecule has 0 fully saturated rings. The Bertz CT molecular complexity index is 809. The van der Waals surface area contributed by atoms with E-state index < -0.39 is 15.2 Å². The van der Waals surface area contributed by atoms with Crippen molar-refractivity contribution in [2.24, 2.45) is 0 Å². The first-order valence-corrected chi connectivity index (χ1v) is 16.1. The van der Waals surface area contributed by atoms with Crippen LogP contribution in [0.4, 0.5) is 0 Å². The average molecular weight is 347 g/mol. The van der Waals surface area contributed by atoms with Gasteiger partial charge in [0.25, 0.3) is 0 Å². The van der Waals surface area contributed by atoms with E-state index in [4.69, 9.17) is 0 Å². The summed E-state index contributed by atoms with van der Waals surface area (Å²) in [7, 11) is -3.00. The SMILES string of the molecule is C[Si](C)(C)[Si](C)(C1=CC=CC1)C1c2ccccc2-c2ccccc21. The Hall–Kier alpha value is -1.65. The molecule has 1 atom stereocenters. The normalized spacial score (nSPS) is 18.9. The third kappa shape index (κ3) is 2.09. The lowest BCUT2D eigenvalue weighted by Crippen LogP contribution is -2.60. The summed E-state index contributed by atoms with van der Waals surface area (Å²) in [4.78, 5) is 0. The second kappa shape index (κ2) is 5.43. The van der Waals surface area contributed by atoms with Gasteiger partial charge >= 0.3 is 0 Å². The Morgan fingerprint density at radius 1 is 0.792 bits per heavy atom. The average Bonchev–Trinajstić information content (AvgIpc) is 3.20. The van der Waals surface area contributed by atoms with Crippen LogP contribution in [0.15, 0.2) is 72.0 Å². The molecule has 2 aromatic rings. The highest BCUT2D eigenvalue weighted by Crippen LogP contribution is 2.53. The van der Waals surface area contributed by atoms with Gasteiger partial charge in [-0.1, -0.05) is 98.1 Å². The topological polar surface area (TPSA) is 0 Å². The second-order valence-electron chi connectivity index (χ2n) is 8.38. The first-order chi connectivity index (χ1) is 11.4. The molecule has 0 saturated heterocycles. The molecule has 2 heteroatoms. The van der Waals surface area contributed by atoms with E-state index in [1.807, 2.05) is 0 Å². The van der Waals surface area contributed by atoms with Gasteiger partial charge in [0.05, 0.1) is 7.59 Å². The molecule has 0 nitrogen and oxygen atoms in total. The van der Waals surface area contributed by atoms with Crippen molar-refractivity contribution in [2.75, 3.05) is 0 Å². The molecule has 0 saturated carbocycles. The Kier molecular flexibility index (Phi) is 3.59. The fourth-order valence-electron chi connectivity index (χ4n) is 4.71. The van der Waals surface area contributed by atoms with Crippen molar-refractivity contribution in [1.29, 1.82) is 0 Å². The minimum absolute atomic E-state index is 0.614. The molecule has 0 amide bonds. The molecule has 2 aliphatic carbocycles. The number of fused-ring (bicyclic) bond motifs is 3. The summed E-state index contributed by atoms with van der Waals surface area (Å²) in [6.07, 6.45) is 8.27. The summed E-state index contributed by atoms with van der Waals surface area (Å²) in [6, 6.07) is 18.3. The van der Waals surface area contributed by atoms with Crippen molar-refractivity contribution in [3.63, 3.8) is 0 Å². The van der Waals surface area contributed by atoms with Gasteiger partial charge in [-0.3, -0.25) is 0 Å². The van der Waals surface area contributed by atoms with E-state index in [1.54, 1.807) is 16.3 Å². The summed E-state index contributed by atoms with van der Waals surface area (Å²) in [5.74, 6) is 0. The molecule has 0 spiro atoms. The van der Waals surface area contributed by atoms with E-state index >= 15 is 0 Å². The number of hydrogen-bond acceptors (Lipinski definition) is 0. The molecule has 122 valence electrons. The van der Waals surface area contributed by atoms with Gasteiger partial charge in [0.1, 0.15) is 0 Å². The summed E-state index contributed by atoms with van der Waals surface area (Å²) in [6.45, 7) is 10.5. The molecule has 2 aromatic carbocycles. The Morgan fingerprint density at radius 3 is 1.79 bits per heavy atom. The van der Waals surface area contributed by atoms with Gasteiger partial charge in [-0.2, -0.15) is 0 Å². The first kappa shape index (κ1) is 15.9. The lowest BCUT2D eigenvalue weighted by Gasteiger charge is -2.45. The maximum Gasteiger partial charge on any atom is 0.0840 e. The van der Waals surface area contributed by atoms with E-state index in [1.165, 1.54) is 17.5 Å². The summed E-state index contributed by atoms with van der Waals surface area (Å²) >= 11 is 0. The summed E-state index contributed by atoms with van der Waals surface area (Å²) in [5.41, 5.74) is 6.73. The lowest BCUT2D eigenvalue weighted by molar-refractivity contribution is 1.12. The molecule has 0 radical (unpaired) electrons. The van der Waals surface area contributed by atoms with Crippen molar-refractivity contribution in [1.82, 2.24) is 0 Å². The third-order valence-electron chi connectivity index (χ3n) is 6.41. The Labute approximate surface area is 147 Å². The van der Waals surface area contributed by atoms with Crippen LogP contribution in [0, 0.1) is 0 Å². The van der Waals surface area contributed by atoms with Crippen LogP contribution in [0.3, 0.4) is 0 Å². The fourth-order valence-corrected chi connectivity index (χ4v) is 16.6. The predicted octanol–water partition coefficient (Wildman–Crippen LogP) is 6.26. The molecule has 1 unspecified atom stereocenters. The van der Waals surface area contributed by atoms with Gasteiger partial charge < -0.3 is 0 Å². The zero-order chi connectivity index (χ0) is 16.9. The van der Waals surface area contributed by atoms with Crippen LogP contribution in [0.25, 0.3) is 11.1 Å². The molecule has 24 heavy (non-hydrogen) atoms. The first-order valence-electron chi connectivity index (χ1n) is 8.99. The number of benzene rings is 2. The second-order valence-corrected chi connectivity index (χ2v) is 24.1. The predicted molar refractivity (Wildman–Crippen MR) is 111 cm³/mol. The van der Waals surface area contributed by atoms with Crippen molar-refractivity contribution in [3.05, 3.63) is 83.1 Å². The van der Waals surface area contributed by atoms with Gasteiger partial charge in [-0.05, 0) is 28.7 Å². The van der Waals surface area contributed by atoms with Crippen LogP contribution in [0.5, 0.6) is 0 Å². The Morgan fingerprint density at radius 2 is 1.33 bits per heavy atom. The van der Waals surface area contributed by atoms with Gasteiger partial charge in [0, 0.05) is 13.1 Å². The lowest BCUT2D eigenvalue weighted by atomic mass is 10.1. The van der Waals surface area contributed by atoms with Crippen molar-refractivity contribution >= 4 is 15.2 Å². The molecule has 2 aliphatic rings. The van der Waals surface area contributed by atoms with E-state index in [0.717, 1.165) is 0 Å². The van der Waals surface area contributed by atoms with E-state index in [2.05, 4.69) is 92.9 Å². The molecule has 0 aromatic heterocycles. The third-order valence-corrected chi connectivity index (χ3v) is 24.2. The van der Waals surface area contributed by atoms with Gasteiger partial charge in [0.15, 0.2) is 0 Å². The van der Waals surface area contributed by atoms with Crippen LogP contribution in [-0.2, 0) is 0 Å². The van der Waals surface area contributed by atoms with Crippen molar-refractivity contribution < 1.29 is 0 Å². The fraction of sp³-hybridized carbons (Fsp3) is 0.273. The van der Waals surface area contributed by atoms with Crippen LogP contribution in [-0.4, -0.2) is 15.2 Å². The standard InChI is InChI=1S/C22H26Si2/c1-23(2,3)24(4,17-11-5-6-12-17)22-20-15-9-7-13-18(20)19-14-8-10-16-21(19)22/h5-11,13-16,22H,12H2,1-4H3. The molecular weight excluding hydrogens is 320 g/mol. The van der Waals surface area contributed by atoms with E-state index in [9.17, 15) is 0 Å². The molecular formula is C22H26Si2. The summed E-state index contributed by atoms with van der Waals surface area (Å²) in [5, 5.41) is 1.76. The van der Waals surface area contributed by atoms with Gasteiger partial charge in [-0.15, -0.1) is 0 Å². The van der Waals surface area contributed by atoms with Crippen LogP contribution >= 0.6 is 0 Å². The highest BCUT2D eigenvalue weighted by atomic mass is 29.3. The van der Waals surface area contributed by atoms with Crippen LogP contribution < -0.4 is 0 Å². The zero-order valence-corrected chi connectivity index (χ0v) is 17.1. The number of allylic oxidation sites excluding steroid dienone is 4. The summed E-state index contributed by atoms with van der Waals surface area (Å²) < 4.78 is 0. The molecule has 0 aliphatic heterocycles. The Balaban J connectivity index is 2.00. The molecule has 0 N–H and O–H groups in total. The maximum absolute atomic E-state index is 2.68. The van der Waals surface area contributed by atoms with E-state index in [-0.39, 0.29) is 0 Å². The number of hydrogen-bond donors (Lipinski definition) is 0. The monoisotopic (exact) mass is 346 g/mol. The molecule has 4 rings (SSSR count). The molecule has 0 heterocycles. The number of rotatable bonds is 3. The quantitative estimate of drug-likeness (QED) is 0.575. The van der Waals surface area contributed by atoms with Gasteiger partial charge in [-0.25, -0.2) is 0 Å². The van der Waals surface area contributed by atoms with Gasteiger partial charge in [0.2, 0.25) is 0 Å². The smallest absolute Gasteiger partial charge is 0.0809 e. The van der Waals surface area contributed by atoms with Crippen LogP contribution in [0.2, 0.25) is 26.2 Å². The molecule has 0 bridgehead atoms. The van der Waals surface area contributed by atoms with E-state index in [0.29, 0.717) is 5.54 Å². The van der Waals surface area contributed by atoms with Crippen LogP contribution in [0.1, 0.15) is 23.1 Å². The minimum atomic E-state index is -1.65. The highest BCUT2D eigenvalue weighted by molar-refractivity contribution is 7.44. The highest BCUT2D eigenvalue weighted by Gasteiger charge is 2.53. The zero-order valence-electron chi connectivity index (χ0n) is 15.1. The maximum atomic E-state index is 2.68.